The molecule has 0 aliphatic carbocycles. The Morgan fingerprint density at radius 2 is 2.21 bits per heavy atom. The van der Waals surface area contributed by atoms with Crippen molar-refractivity contribution in [2.45, 2.75) is 57.9 Å². The number of hydrogen-bond acceptors (Lipinski definition) is 5. The molecule has 2 aromatic rings. The number of hydrogen-bond donors (Lipinski definition) is 3. The maximum atomic E-state index is 12.7. The molecule has 2 heterocycles. The van der Waals surface area contributed by atoms with Gasteiger partial charge in [-0.1, -0.05) is 6.07 Å². The third-order valence-corrected chi connectivity index (χ3v) is 4.74. The van der Waals surface area contributed by atoms with Gasteiger partial charge >= 0.3 is 0 Å². The van der Waals surface area contributed by atoms with Gasteiger partial charge < -0.3 is 15.5 Å². The minimum absolute atomic E-state index is 0.123. The summed E-state index contributed by atoms with van der Waals surface area (Å²) in [6.45, 7) is 4.93. The zero-order chi connectivity index (χ0) is 17.3. The molecule has 0 saturated carbocycles. The highest BCUT2D eigenvalue weighted by molar-refractivity contribution is 5.81. The summed E-state index contributed by atoms with van der Waals surface area (Å²) in [4.78, 5) is 17.1. The van der Waals surface area contributed by atoms with Gasteiger partial charge in [-0.2, -0.15) is 0 Å². The standard InChI is InChI=1S/C18H25N3O3/c1-11-6-12(2)17-14(7-11)18(24)21(10-20-17)9-13(22)8-15-16(23)4-3-5-19-15/h6-7,10,13,15-16,19,22-23H,3-5,8-9H2,1-2H3/t13-,15-,16+/m1/s1. The van der Waals surface area contributed by atoms with Gasteiger partial charge in [-0.15, -0.1) is 0 Å². The van der Waals surface area contributed by atoms with Gasteiger partial charge in [0.25, 0.3) is 5.56 Å². The monoisotopic (exact) mass is 331 g/mol. The van der Waals surface area contributed by atoms with E-state index < -0.39 is 12.2 Å². The van der Waals surface area contributed by atoms with Gasteiger partial charge in [0.15, 0.2) is 0 Å². The molecule has 0 bridgehead atoms. The van der Waals surface area contributed by atoms with E-state index in [0.717, 1.165) is 30.5 Å². The molecule has 6 nitrogen and oxygen atoms in total. The van der Waals surface area contributed by atoms with E-state index >= 15 is 0 Å². The predicted molar refractivity (Wildman–Crippen MR) is 93.1 cm³/mol. The highest BCUT2D eigenvalue weighted by atomic mass is 16.3. The molecule has 3 rings (SSSR count). The molecule has 3 N–H and O–H groups in total. The average molecular weight is 331 g/mol. The van der Waals surface area contributed by atoms with Crippen LogP contribution in [-0.2, 0) is 6.54 Å². The van der Waals surface area contributed by atoms with Crippen LogP contribution in [-0.4, -0.2) is 44.6 Å². The van der Waals surface area contributed by atoms with Crippen molar-refractivity contribution >= 4 is 10.9 Å². The lowest BCUT2D eigenvalue weighted by molar-refractivity contribution is 0.0539. The van der Waals surface area contributed by atoms with Gasteiger partial charge in [-0.25, -0.2) is 4.98 Å². The Hall–Kier alpha value is -1.76. The summed E-state index contributed by atoms with van der Waals surface area (Å²) >= 11 is 0. The third-order valence-electron chi connectivity index (χ3n) is 4.74. The summed E-state index contributed by atoms with van der Waals surface area (Å²) in [6, 6.07) is 3.72. The van der Waals surface area contributed by atoms with E-state index in [2.05, 4.69) is 10.3 Å². The number of aliphatic hydroxyl groups is 2. The van der Waals surface area contributed by atoms with Crippen molar-refractivity contribution < 1.29 is 10.2 Å². The van der Waals surface area contributed by atoms with Crippen LogP contribution in [0.5, 0.6) is 0 Å². The molecule has 0 amide bonds. The van der Waals surface area contributed by atoms with Crippen LogP contribution in [0.2, 0.25) is 0 Å². The molecule has 1 aromatic carbocycles. The number of piperidine rings is 1. The first-order valence-corrected chi connectivity index (χ1v) is 8.51. The zero-order valence-corrected chi connectivity index (χ0v) is 14.2. The second kappa shape index (κ2) is 7.01. The smallest absolute Gasteiger partial charge is 0.261 e. The first-order valence-electron chi connectivity index (χ1n) is 8.51. The van der Waals surface area contributed by atoms with E-state index in [4.69, 9.17) is 0 Å². The number of nitrogens with zero attached hydrogens (tertiary/aromatic N) is 2. The highest BCUT2D eigenvalue weighted by Gasteiger charge is 2.25. The lowest BCUT2D eigenvalue weighted by Gasteiger charge is -2.30. The van der Waals surface area contributed by atoms with Gasteiger partial charge in [0, 0.05) is 6.04 Å². The summed E-state index contributed by atoms with van der Waals surface area (Å²) in [5.41, 5.74) is 2.57. The van der Waals surface area contributed by atoms with Crippen molar-refractivity contribution in [3.05, 3.63) is 39.9 Å². The van der Waals surface area contributed by atoms with Crippen molar-refractivity contribution in [3.63, 3.8) is 0 Å². The quantitative estimate of drug-likeness (QED) is 0.774. The molecule has 0 spiro atoms. The molecule has 1 saturated heterocycles. The van der Waals surface area contributed by atoms with E-state index in [1.54, 1.807) is 0 Å². The molecule has 0 radical (unpaired) electrons. The Kier molecular flexibility index (Phi) is 4.99. The number of aryl methyl sites for hydroxylation is 2. The summed E-state index contributed by atoms with van der Waals surface area (Å²) in [5, 5.41) is 24.1. The van der Waals surface area contributed by atoms with Crippen molar-refractivity contribution in [2.24, 2.45) is 0 Å². The maximum Gasteiger partial charge on any atom is 0.261 e. The Balaban J connectivity index is 1.79. The SMILES string of the molecule is Cc1cc(C)c2ncn(C[C@H](O)C[C@H]3NCCC[C@@H]3O)c(=O)c2c1. The Morgan fingerprint density at radius 3 is 2.96 bits per heavy atom. The van der Waals surface area contributed by atoms with E-state index in [-0.39, 0.29) is 18.1 Å². The van der Waals surface area contributed by atoms with Gasteiger partial charge in [-0.3, -0.25) is 9.36 Å². The lowest BCUT2D eigenvalue weighted by Crippen LogP contribution is -2.47. The molecule has 1 aliphatic rings. The molecule has 1 aromatic heterocycles. The van der Waals surface area contributed by atoms with Crippen LogP contribution in [0.1, 0.15) is 30.4 Å². The molecule has 24 heavy (non-hydrogen) atoms. The summed E-state index contributed by atoms with van der Waals surface area (Å²) in [7, 11) is 0. The van der Waals surface area contributed by atoms with E-state index in [0.29, 0.717) is 17.3 Å². The largest absolute Gasteiger partial charge is 0.392 e. The highest BCUT2D eigenvalue weighted by Crippen LogP contribution is 2.16. The number of aliphatic hydroxyl groups excluding tert-OH is 2. The van der Waals surface area contributed by atoms with Crippen LogP contribution < -0.4 is 10.9 Å². The lowest BCUT2D eigenvalue weighted by atomic mass is 9.96. The second-order valence-corrected chi connectivity index (χ2v) is 6.84. The number of nitrogens with one attached hydrogen (secondary N) is 1. The fourth-order valence-corrected chi connectivity index (χ4v) is 3.53. The minimum Gasteiger partial charge on any atom is -0.392 e. The van der Waals surface area contributed by atoms with Gasteiger partial charge in [-0.05, 0) is 56.8 Å². The second-order valence-electron chi connectivity index (χ2n) is 6.84. The van der Waals surface area contributed by atoms with Crippen molar-refractivity contribution in [3.8, 4) is 0 Å². The van der Waals surface area contributed by atoms with E-state index in [9.17, 15) is 15.0 Å². The summed E-state index contributed by atoms with van der Waals surface area (Å²) < 4.78 is 1.46. The van der Waals surface area contributed by atoms with Crippen LogP contribution in [0.25, 0.3) is 10.9 Å². The number of benzene rings is 1. The third kappa shape index (κ3) is 3.50. The molecule has 130 valence electrons. The van der Waals surface area contributed by atoms with Crippen molar-refractivity contribution in [1.82, 2.24) is 14.9 Å². The minimum atomic E-state index is -0.710. The molecular formula is C18H25N3O3. The van der Waals surface area contributed by atoms with E-state index in [1.807, 2.05) is 26.0 Å². The van der Waals surface area contributed by atoms with Crippen LogP contribution in [0.4, 0.5) is 0 Å². The topological polar surface area (TPSA) is 87.4 Å². The summed E-state index contributed by atoms with van der Waals surface area (Å²) in [6.07, 6.45) is 2.46. The molecular weight excluding hydrogens is 306 g/mol. The van der Waals surface area contributed by atoms with Gasteiger partial charge in [0.05, 0.1) is 36.0 Å². The van der Waals surface area contributed by atoms with Gasteiger partial charge in [0.2, 0.25) is 0 Å². The first-order chi connectivity index (χ1) is 11.5. The number of aromatic nitrogens is 2. The zero-order valence-electron chi connectivity index (χ0n) is 14.2. The fraction of sp³-hybridized carbons (Fsp3) is 0.556. The van der Waals surface area contributed by atoms with Gasteiger partial charge in [0.1, 0.15) is 0 Å². The molecule has 3 atom stereocenters. The number of fused-ring (bicyclic) bond motifs is 1. The summed E-state index contributed by atoms with van der Waals surface area (Å²) in [5.74, 6) is 0. The van der Waals surface area contributed by atoms with Crippen LogP contribution in [0.15, 0.2) is 23.3 Å². The molecule has 1 fully saturated rings. The number of rotatable bonds is 4. The molecule has 0 unspecified atom stereocenters. The molecule has 1 aliphatic heterocycles. The van der Waals surface area contributed by atoms with Crippen molar-refractivity contribution in [1.29, 1.82) is 0 Å². The average Bonchev–Trinajstić information content (AvgIpc) is 2.53. The Morgan fingerprint density at radius 1 is 1.42 bits per heavy atom. The maximum absolute atomic E-state index is 12.7. The van der Waals surface area contributed by atoms with E-state index in [1.165, 1.54) is 10.9 Å². The molecule has 6 heteroatoms. The Bertz CT molecular complexity index is 787. The van der Waals surface area contributed by atoms with Crippen LogP contribution >= 0.6 is 0 Å². The first kappa shape index (κ1) is 17.1. The van der Waals surface area contributed by atoms with Crippen LogP contribution in [0, 0.1) is 13.8 Å². The Labute approximate surface area is 141 Å². The van der Waals surface area contributed by atoms with Crippen molar-refractivity contribution in [2.75, 3.05) is 6.54 Å². The normalized spacial score (nSPS) is 22.7. The predicted octanol–water partition coefficient (Wildman–Crippen LogP) is 0.877. The van der Waals surface area contributed by atoms with Crippen LogP contribution in [0.3, 0.4) is 0 Å². The fourth-order valence-electron chi connectivity index (χ4n) is 3.53.